The predicted molar refractivity (Wildman–Crippen MR) is 98.9 cm³/mol. The number of nitrogens with one attached hydrogen (secondary N) is 1. The van der Waals surface area contributed by atoms with Crippen LogP contribution in [0.25, 0.3) is 0 Å². The van der Waals surface area contributed by atoms with Crippen molar-refractivity contribution in [1.82, 2.24) is 14.9 Å². The van der Waals surface area contributed by atoms with Crippen LogP contribution in [0, 0.1) is 17.5 Å². The van der Waals surface area contributed by atoms with Crippen molar-refractivity contribution in [3.8, 4) is 11.5 Å². The fraction of sp³-hybridized carbons (Fsp3) is 0.167. The molecule has 0 spiro atoms. The fourth-order valence-corrected chi connectivity index (χ4v) is 2.54. The smallest absolute Gasteiger partial charge is 0.216 e. The minimum absolute atomic E-state index is 0.270. The summed E-state index contributed by atoms with van der Waals surface area (Å²) in [6.07, 6.45) is 1.63. The molecule has 0 unspecified atom stereocenters. The van der Waals surface area contributed by atoms with E-state index in [9.17, 15) is 4.39 Å². The van der Waals surface area contributed by atoms with Crippen molar-refractivity contribution in [2.45, 2.75) is 13.5 Å². The number of aryl methyl sites for hydroxylation is 1. The lowest BCUT2D eigenvalue weighted by Crippen LogP contribution is -2.02. The Labute approximate surface area is 154 Å². The average molecular weight is 372 g/mol. The molecule has 1 aromatic heterocycles. The van der Waals surface area contributed by atoms with Gasteiger partial charge in [-0.2, -0.15) is 14.9 Å². The Morgan fingerprint density at radius 3 is 2.69 bits per heavy atom. The number of methoxy groups -OCH3 is 1. The summed E-state index contributed by atoms with van der Waals surface area (Å²) in [4.78, 5) is 0. The molecule has 0 aliphatic rings. The lowest BCUT2D eigenvalue weighted by Gasteiger charge is -2.13. The number of hydrogen-bond donors (Lipinski definition) is 1. The first kappa shape index (κ1) is 17.8. The summed E-state index contributed by atoms with van der Waals surface area (Å²) >= 11 is 5.14. The van der Waals surface area contributed by atoms with Crippen LogP contribution in [0.2, 0.25) is 0 Å². The van der Waals surface area contributed by atoms with Crippen molar-refractivity contribution in [2.75, 3.05) is 7.11 Å². The van der Waals surface area contributed by atoms with E-state index in [0.717, 1.165) is 5.56 Å². The number of nitrogens with zero attached hydrogens (tertiary/aromatic N) is 3. The Balaban J connectivity index is 1.88. The SMILES string of the molecule is COc1cccc(/C=N/n2c(C)n[nH]c2=S)c1OCc1ccc(F)cc1. The van der Waals surface area contributed by atoms with Crippen LogP contribution in [0.3, 0.4) is 0 Å². The standard InChI is InChI=1S/C18H17FN4O2S/c1-12-21-22-18(26)23(12)20-10-14-4-3-5-16(24-2)17(14)25-11-13-6-8-15(19)9-7-13/h3-10H,11H2,1-2H3,(H,22,26)/b20-10+. The number of halogens is 1. The molecule has 134 valence electrons. The van der Waals surface area contributed by atoms with Gasteiger partial charge in [0, 0.05) is 5.56 Å². The van der Waals surface area contributed by atoms with Crippen LogP contribution in [0.15, 0.2) is 47.6 Å². The maximum absolute atomic E-state index is 13.0. The van der Waals surface area contributed by atoms with Gasteiger partial charge in [-0.1, -0.05) is 18.2 Å². The van der Waals surface area contributed by atoms with Gasteiger partial charge < -0.3 is 9.47 Å². The van der Waals surface area contributed by atoms with Crippen LogP contribution in [0.1, 0.15) is 17.0 Å². The lowest BCUT2D eigenvalue weighted by atomic mass is 10.2. The number of hydrogen-bond acceptors (Lipinski definition) is 5. The topological polar surface area (TPSA) is 64.4 Å². The summed E-state index contributed by atoms with van der Waals surface area (Å²) < 4.78 is 26.3. The Bertz CT molecular complexity index is 980. The Morgan fingerprint density at radius 2 is 2.04 bits per heavy atom. The van der Waals surface area contributed by atoms with Gasteiger partial charge in [0.25, 0.3) is 0 Å². The molecule has 6 nitrogen and oxygen atoms in total. The molecule has 26 heavy (non-hydrogen) atoms. The third-order valence-corrected chi connectivity index (χ3v) is 3.91. The number of H-pyrrole nitrogens is 1. The fourth-order valence-electron chi connectivity index (χ4n) is 2.31. The molecule has 0 fully saturated rings. The van der Waals surface area contributed by atoms with Crippen LogP contribution in [0.5, 0.6) is 11.5 Å². The predicted octanol–water partition coefficient (Wildman–Crippen LogP) is 3.86. The minimum Gasteiger partial charge on any atom is -0.493 e. The Kier molecular flexibility index (Phi) is 5.43. The molecule has 3 aromatic rings. The highest BCUT2D eigenvalue weighted by Crippen LogP contribution is 2.31. The summed E-state index contributed by atoms with van der Waals surface area (Å²) in [5.74, 6) is 1.47. The summed E-state index contributed by atoms with van der Waals surface area (Å²) in [7, 11) is 1.57. The number of aromatic nitrogens is 3. The molecule has 0 saturated carbocycles. The summed E-state index contributed by atoms with van der Waals surface area (Å²) in [6.45, 7) is 2.06. The number of para-hydroxylation sites is 1. The highest BCUT2D eigenvalue weighted by Gasteiger charge is 2.10. The molecule has 0 bridgehead atoms. The first-order valence-electron chi connectivity index (χ1n) is 7.81. The molecule has 8 heteroatoms. The summed E-state index contributed by atoms with van der Waals surface area (Å²) in [5, 5.41) is 11.0. The lowest BCUT2D eigenvalue weighted by molar-refractivity contribution is 0.284. The van der Waals surface area contributed by atoms with Crippen molar-refractivity contribution >= 4 is 18.4 Å². The van der Waals surface area contributed by atoms with Crippen molar-refractivity contribution in [3.63, 3.8) is 0 Å². The number of rotatable bonds is 6. The van der Waals surface area contributed by atoms with Crippen molar-refractivity contribution in [3.05, 3.63) is 70.0 Å². The molecule has 0 amide bonds. The van der Waals surface area contributed by atoms with Gasteiger partial charge in [0.2, 0.25) is 4.77 Å². The molecule has 0 aliphatic carbocycles. The molecular weight excluding hydrogens is 355 g/mol. The number of ether oxygens (including phenoxy) is 2. The van der Waals surface area contributed by atoms with E-state index in [1.165, 1.54) is 16.8 Å². The van der Waals surface area contributed by atoms with Gasteiger partial charge in [0.15, 0.2) is 11.5 Å². The van der Waals surface area contributed by atoms with Gasteiger partial charge in [-0.3, -0.25) is 5.10 Å². The van der Waals surface area contributed by atoms with E-state index in [1.54, 1.807) is 38.4 Å². The monoisotopic (exact) mass is 372 g/mol. The maximum atomic E-state index is 13.0. The van der Waals surface area contributed by atoms with E-state index in [-0.39, 0.29) is 12.4 Å². The van der Waals surface area contributed by atoms with Gasteiger partial charge in [-0.25, -0.2) is 4.39 Å². The molecule has 3 rings (SSSR count). The van der Waals surface area contributed by atoms with Crippen molar-refractivity contribution in [2.24, 2.45) is 5.10 Å². The van der Waals surface area contributed by atoms with Gasteiger partial charge in [-0.15, -0.1) is 0 Å². The molecule has 0 saturated heterocycles. The molecule has 0 aliphatic heterocycles. The largest absolute Gasteiger partial charge is 0.493 e. The number of aromatic amines is 1. The highest BCUT2D eigenvalue weighted by atomic mass is 32.1. The zero-order valence-corrected chi connectivity index (χ0v) is 15.1. The average Bonchev–Trinajstić information content (AvgIpc) is 2.97. The van der Waals surface area contributed by atoms with E-state index in [1.807, 2.05) is 12.1 Å². The molecular formula is C18H17FN4O2S. The zero-order chi connectivity index (χ0) is 18.5. The molecule has 2 aromatic carbocycles. The normalized spacial score (nSPS) is 11.0. The van der Waals surface area contributed by atoms with E-state index in [0.29, 0.717) is 27.7 Å². The summed E-state index contributed by atoms with van der Waals surface area (Å²) in [5.41, 5.74) is 1.56. The van der Waals surface area contributed by atoms with E-state index >= 15 is 0 Å². The second kappa shape index (κ2) is 7.92. The number of benzene rings is 2. The Hall–Kier alpha value is -3.00. The van der Waals surface area contributed by atoms with E-state index in [4.69, 9.17) is 21.7 Å². The van der Waals surface area contributed by atoms with Crippen LogP contribution < -0.4 is 9.47 Å². The van der Waals surface area contributed by atoms with Crippen LogP contribution >= 0.6 is 12.2 Å². The summed E-state index contributed by atoms with van der Waals surface area (Å²) in [6, 6.07) is 11.6. The highest BCUT2D eigenvalue weighted by molar-refractivity contribution is 7.71. The van der Waals surface area contributed by atoms with Crippen LogP contribution in [-0.2, 0) is 6.61 Å². The van der Waals surface area contributed by atoms with Gasteiger partial charge in [0.1, 0.15) is 18.2 Å². The first-order valence-corrected chi connectivity index (χ1v) is 8.22. The maximum Gasteiger partial charge on any atom is 0.216 e. The third-order valence-electron chi connectivity index (χ3n) is 3.65. The van der Waals surface area contributed by atoms with Crippen LogP contribution in [0.4, 0.5) is 4.39 Å². The second-order valence-electron chi connectivity index (χ2n) is 5.43. The first-order chi connectivity index (χ1) is 12.6. The molecule has 1 N–H and O–H groups in total. The van der Waals surface area contributed by atoms with E-state index < -0.39 is 0 Å². The van der Waals surface area contributed by atoms with E-state index in [2.05, 4.69) is 15.3 Å². The van der Waals surface area contributed by atoms with Crippen LogP contribution in [-0.4, -0.2) is 28.2 Å². The molecule has 1 heterocycles. The molecule has 0 atom stereocenters. The minimum atomic E-state index is -0.286. The van der Waals surface area contributed by atoms with Gasteiger partial charge >= 0.3 is 0 Å². The Morgan fingerprint density at radius 1 is 1.27 bits per heavy atom. The molecule has 0 radical (unpaired) electrons. The van der Waals surface area contributed by atoms with Crippen molar-refractivity contribution < 1.29 is 13.9 Å². The van der Waals surface area contributed by atoms with Gasteiger partial charge in [0.05, 0.1) is 13.3 Å². The van der Waals surface area contributed by atoms with Crippen molar-refractivity contribution in [1.29, 1.82) is 0 Å². The zero-order valence-electron chi connectivity index (χ0n) is 14.3. The third kappa shape index (κ3) is 3.97. The van der Waals surface area contributed by atoms with Gasteiger partial charge in [-0.05, 0) is 49.0 Å². The second-order valence-corrected chi connectivity index (χ2v) is 5.81. The quantitative estimate of drug-likeness (QED) is 0.527.